The molecule has 3 rings (SSSR count). The summed E-state index contributed by atoms with van der Waals surface area (Å²) in [4.78, 5) is 38.7. The number of aliphatic carboxylic acids is 1. The first kappa shape index (κ1) is 14.7. The fourth-order valence-electron chi connectivity index (χ4n) is 3.25. The molecule has 2 aliphatic heterocycles. The van der Waals surface area contributed by atoms with Gasteiger partial charge >= 0.3 is 5.97 Å². The number of hydrogen-bond acceptors (Lipinski definition) is 4. The van der Waals surface area contributed by atoms with E-state index in [1.807, 2.05) is 4.90 Å². The van der Waals surface area contributed by atoms with E-state index in [0.717, 1.165) is 13.0 Å². The third kappa shape index (κ3) is 2.50. The maximum absolute atomic E-state index is 12.2. The van der Waals surface area contributed by atoms with Gasteiger partial charge in [0.15, 0.2) is 0 Å². The van der Waals surface area contributed by atoms with Crippen LogP contribution in [-0.2, 0) is 4.79 Å². The molecule has 1 N–H and O–H groups in total. The Morgan fingerprint density at radius 3 is 2.36 bits per heavy atom. The molecule has 116 valence electrons. The molecule has 2 heterocycles. The van der Waals surface area contributed by atoms with Crippen molar-refractivity contribution in [3.63, 3.8) is 0 Å². The summed E-state index contributed by atoms with van der Waals surface area (Å²) in [6, 6.07) is 6.39. The van der Waals surface area contributed by atoms with Gasteiger partial charge in [-0.1, -0.05) is 12.1 Å². The number of rotatable bonds is 5. The van der Waals surface area contributed by atoms with E-state index >= 15 is 0 Å². The molecule has 0 aromatic heterocycles. The van der Waals surface area contributed by atoms with E-state index in [1.54, 1.807) is 24.3 Å². The largest absolute Gasteiger partial charge is 0.480 e. The molecule has 0 spiro atoms. The second kappa shape index (κ2) is 5.88. The molecule has 0 radical (unpaired) electrons. The molecule has 1 saturated heterocycles. The summed E-state index contributed by atoms with van der Waals surface area (Å²) < 4.78 is 0. The summed E-state index contributed by atoms with van der Waals surface area (Å²) in [6.45, 7) is 1.68. The van der Waals surface area contributed by atoms with Crippen molar-refractivity contribution >= 4 is 17.8 Å². The zero-order chi connectivity index (χ0) is 15.7. The molecule has 1 aromatic carbocycles. The standard InChI is InChI=1S/C16H18N2O4/c19-14-11-5-1-2-6-12(11)15(20)18(14)10-4-9-17-8-3-7-13(17)16(21)22/h1-2,5-6,13H,3-4,7-10H2,(H,21,22). The van der Waals surface area contributed by atoms with Gasteiger partial charge in [0, 0.05) is 13.1 Å². The fourth-order valence-corrected chi connectivity index (χ4v) is 3.25. The monoisotopic (exact) mass is 302 g/mol. The number of carbonyl (C=O) groups is 3. The molecule has 0 saturated carbocycles. The lowest BCUT2D eigenvalue weighted by molar-refractivity contribution is -0.142. The Hall–Kier alpha value is -2.21. The molecule has 1 aromatic rings. The molecule has 2 aliphatic rings. The van der Waals surface area contributed by atoms with E-state index in [1.165, 1.54) is 4.90 Å². The SMILES string of the molecule is O=C(O)C1CCCN1CCCN1C(=O)c2ccccc2C1=O. The lowest BCUT2D eigenvalue weighted by Gasteiger charge is -2.22. The van der Waals surface area contributed by atoms with Crippen LogP contribution in [0, 0.1) is 0 Å². The maximum Gasteiger partial charge on any atom is 0.320 e. The minimum Gasteiger partial charge on any atom is -0.480 e. The van der Waals surface area contributed by atoms with Crippen LogP contribution in [0.4, 0.5) is 0 Å². The van der Waals surface area contributed by atoms with Crippen molar-refractivity contribution in [1.82, 2.24) is 9.80 Å². The number of carboxylic acids is 1. The number of carbonyl (C=O) groups excluding carboxylic acids is 2. The lowest BCUT2D eigenvalue weighted by atomic mass is 10.1. The quantitative estimate of drug-likeness (QED) is 0.828. The fraction of sp³-hybridized carbons (Fsp3) is 0.438. The zero-order valence-corrected chi connectivity index (χ0v) is 12.2. The van der Waals surface area contributed by atoms with Crippen molar-refractivity contribution in [3.05, 3.63) is 35.4 Å². The molecule has 6 heteroatoms. The predicted octanol–water partition coefficient (Wildman–Crippen LogP) is 1.22. The maximum atomic E-state index is 12.2. The second-order valence-electron chi connectivity index (χ2n) is 5.69. The predicted molar refractivity (Wildman–Crippen MR) is 78.7 cm³/mol. The Labute approximate surface area is 128 Å². The Bertz CT molecular complexity index is 593. The molecule has 0 aliphatic carbocycles. The first-order chi connectivity index (χ1) is 10.6. The molecule has 1 fully saturated rings. The normalized spacial score (nSPS) is 21.5. The summed E-state index contributed by atoms with van der Waals surface area (Å²) in [5.74, 6) is -1.30. The number of fused-ring (bicyclic) bond motifs is 1. The van der Waals surface area contributed by atoms with Gasteiger partial charge in [-0.25, -0.2) is 0 Å². The Kier molecular flexibility index (Phi) is 3.94. The van der Waals surface area contributed by atoms with Crippen molar-refractivity contribution in [3.8, 4) is 0 Å². The van der Waals surface area contributed by atoms with E-state index in [0.29, 0.717) is 37.1 Å². The highest BCUT2D eigenvalue weighted by atomic mass is 16.4. The molecule has 1 atom stereocenters. The minimum absolute atomic E-state index is 0.253. The molecular weight excluding hydrogens is 284 g/mol. The van der Waals surface area contributed by atoms with Gasteiger partial charge in [-0.2, -0.15) is 0 Å². The van der Waals surface area contributed by atoms with Crippen molar-refractivity contribution in [2.45, 2.75) is 25.3 Å². The highest BCUT2D eigenvalue weighted by Gasteiger charge is 2.35. The number of hydrogen-bond donors (Lipinski definition) is 1. The van der Waals surface area contributed by atoms with Gasteiger partial charge < -0.3 is 5.11 Å². The Balaban J connectivity index is 1.58. The summed E-state index contributed by atoms with van der Waals surface area (Å²) in [6.07, 6.45) is 2.14. The van der Waals surface area contributed by atoms with E-state index in [9.17, 15) is 14.4 Å². The first-order valence-corrected chi connectivity index (χ1v) is 7.51. The number of amides is 2. The van der Waals surface area contributed by atoms with Crippen LogP contribution >= 0.6 is 0 Å². The van der Waals surface area contributed by atoms with Crippen molar-refractivity contribution in [2.75, 3.05) is 19.6 Å². The highest BCUT2D eigenvalue weighted by molar-refractivity contribution is 6.21. The van der Waals surface area contributed by atoms with Gasteiger partial charge in [-0.05, 0) is 37.9 Å². The third-order valence-corrected chi connectivity index (χ3v) is 4.35. The average Bonchev–Trinajstić information content (AvgIpc) is 3.07. The van der Waals surface area contributed by atoms with Gasteiger partial charge in [0.05, 0.1) is 11.1 Å². The first-order valence-electron chi connectivity index (χ1n) is 7.51. The minimum atomic E-state index is -0.793. The van der Waals surface area contributed by atoms with E-state index in [-0.39, 0.29) is 11.8 Å². The van der Waals surface area contributed by atoms with Gasteiger partial charge in [-0.15, -0.1) is 0 Å². The Morgan fingerprint density at radius 2 is 1.77 bits per heavy atom. The summed E-state index contributed by atoms with van der Waals surface area (Å²) in [7, 11) is 0. The van der Waals surface area contributed by atoms with Gasteiger partial charge in [0.2, 0.25) is 0 Å². The third-order valence-electron chi connectivity index (χ3n) is 4.35. The van der Waals surface area contributed by atoms with Crippen LogP contribution < -0.4 is 0 Å². The van der Waals surface area contributed by atoms with Gasteiger partial charge in [-0.3, -0.25) is 24.2 Å². The van der Waals surface area contributed by atoms with Gasteiger partial charge in [0.1, 0.15) is 6.04 Å². The summed E-state index contributed by atoms with van der Waals surface area (Å²) in [5.41, 5.74) is 0.911. The van der Waals surface area contributed by atoms with Crippen molar-refractivity contribution < 1.29 is 19.5 Å². The summed E-state index contributed by atoms with van der Waals surface area (Å²) in [5, 5.41) is 9.14. The molecule has 1 unspecified atom stereocenters. The number of benzene rings is 1. The summed E-state index contributed by atoms with van der Waals surface area (Å²) >= 11 is 0. The van der Waals surface area contributed by atoms with Crippen molar-refractivity contribution in [2.24, 2.45) is 0 Å². The number of carboxylic acid groups (broad SMARTS) is 1. The molecule has 22 heavy (non-hydrogen) atoms. The van der Waals surface area contributed by atoms with E-state index < -0.39 is 12.0 Å². The molecule has 2 amide bonds. The number of nitrogens with zero attached hydrogens (tertiary/aromatic N) is 2. The molecular formula is C16H18N2O4. The van der Waals surface area contributed by atoms with Crippen LogP contribution in [0.2, 0.25) is 0 Å². The van der Waals surface area contributed by atoms with Crippen LogP contribution in [0.25, 0.3) is 0 Å². The average molecular weight is 302 g/mol. The highest BCUT2D eigenvalue weighted by Crippen LogP contribution is 2.23. The van der Waals surface area contributed by atoms with Crippen LogP contribution in [0.3, 0.4) is 0 Å². The number of imide groups is 1. The van der Waals surface area contributed by atoms with Crippen LogP contribution in [0.1, 0.15) is 40.0 Å². The van der Waals surface area contributed by atoms with E-state index in [4.69, 9.17) is 5.11 Å². The van der Waals surface area contributed by atoms with Crippen LogP contribution in [0.5, 0.6) is 0 Å². The van der Waals surface area contributed by atoms with Gasteiger partial charge in [0.25, 0.3) is 11.8 Å². The zero-order valence-electron chi connectivity index (χ0n) is 12.2. The second-order valence-corrected chi connectivity index (χ2v) is 5.69. The van der Waals surface area contributed by atoms with E-state index in [2.05, 4.69) is 0 Å². The topological polar surface area (TPSA) is 77.9 Å². The van der Waals surface area contributed by atoms with Crippen LogP contribution in [0.15, 0.2) is 24.3 Å². The molecule has 6 nitrogen and oxygen atoms in total. The lowest BCUT2D eigenvalue weighted by Crippen LogP contribution is -2.38. The Morgan fingerprint density at radius 1 is 1.14 bits per heavy atom. The molecule has 0 bridgehead atoms. The smallest absolute Gasteiger partial charge is 0.320 e. The van der Waals surface area contributed by atoms with Crippen molar-refractivity contribution in [1.29, 1.82) is 0 Å². The van der Waals surface area contributed by atoms with Crippen LogP contribution in [-0.4, -0.2) is 58.4 Å². The number of likely N-dealkylation sites (tertiary alicyclic amines) is 1.